The Morgan fingerprint density at radius 1 is 1.22 bits per heavy atom. The monoisotopic (exact) mass is 475 g/mol. The van der Waals surface area contributed by atoms with Gasteiger partial charge >= 0.3 is 0 Å². The maximum absolute atomic E-state index is 13.2. The molecule has 170 valence electrons. The molecule has 1 amide bonds. The van der Waals surface area contributed by atoms with Crippen LogP contribution in [-0.4, -0.2) is 42.4 Å². The van der Waals surface area contributed by atoms with Gasteiger partial charge in [-0.2, -0.15) is 4.31 Å². The predicted molar refractivity (Wildman–Crippen MR) is 124 cm³/mol. The summed E-state index contributed by atoms with van der Waals surface area (Å²) < 4.78 is 35.3. The van der Waals surface area contributed by atoms with Crippen molar-refractivity contribution in [3.05, 3.63) is 59.2 Å². The van der Waals surface area contributed by atoms with Crippen LogP contribution in [0.3, 0.4) is 0 Å². The SMILES string of the molecule is CC(C)Oc1ccc(S(=O)(=O)N2CCC(c3cn(CC(N)=O)c4ccc(Cl)cc34)C2)cc1. The molecule has 4 rings (SSSR count). The Bertz CT molecular complexity index is 1250. The number of benzene rings is 2. The van der Waals surface area contributed by atoms with Crippen molar-refractivity contribution in [2.75, 3.05) is 13.1 Å². The summed E-state index contributed by atoms with van der Waals surface area (Å²) in [6, 6.07) is 12.0. The van der Waals surface area contributed by atoms with Crippen molar-refractivity contribution in [2.45, 2.75) is 43.7 Å². The molecule has 32 heavy (non-hydrogen) atoms. The van der Waals surface area contributed by atoms with Gasteiger partial charge in [-0.1, -0.05) is 11.6 Å². The van der Waals surface area contributed by atoms with Gasteiger partial charge in [0.2, 0.25) is 15.9 Å². The predicted octanol–water partition coefficient (Wildman–Crippen LogP) is 3.75. The number of aromatic nitrogens is 1. The lowest BCUT2D eigenvalue weighted by Gasteiger charge is -2.17. The van der Waals surface area contributed by atoms with E-state index in [-0.39, 0.29) is 23.5 Å². The number of hydrogen-bond donors (Lipinski definition) is 1. The molecule has 0 bridgehead atoms. The highest BCUT2D eigenvalue weighted by Gasteiger charge is 2.34. The van der Waals surface area contributed by atoms with Crippen molar-refractivity contribution < 1.29 is 17.9 Å². The zero-order valence-corrected chi connectivity index (χ0v) is 19.6. The van der Waals surface area contributed by atoms with Gasteiger partial charge in [-0.25, -0.2) is 8.42 Å². The number of ether oxygens (including phenoxy) is 1. The molecule has 0 saturated carbocycles. The van der Waals surface area contributed by atoms with Crippen molar-refractivity contribution in [2.24, 2.45) is 5.73 Å². The third-order valence-electron chi connectivity index (χ3n) is 5.62. The van der Waals surface area contributed by atoms with E-state index in [0.717, 1.165) is 16.5 Å². The van der Waals surface area contributed by atoms with Crippen LogP contribution in [0.1, 0.15) is 31.7 Å². The number of fused-ring (bicyclic) bond motifs is 1. The fraction of sp³-hybridized carbons (Fsp3) is 0.348. The molecular formula is C23H26ClN3O4S. The van der Waals surface area contributed by atoms with Gasteiger partial charge < -0.3 is 15.0 Å². The number of carbonyl (C=O) groups is 1. The van der Waals surface area contributed by atoms with Crippen LogP contribution in [0.25, 0.3) is 10.9 Å². The van der Waals surface area contributed by atoms with Crippen molar-refractivity contribution in [3.8, 4) is 5.75 Å². The second-order valence-electron chi connectivity index (χ2n) is 8.33. The van der Waals surface area contributed by atoms with Crippen LogP contribution in [0.15, 0.2) is 53.6 Å². The Morgan fingerprint density at radius 3 is 2.59 bits per heavy atom. The maximum atomic E-state index is 13.2. The van der Waals surface area contributed by atoms with E-state index in [1.807, 2.05) is 32.2 Å². The number of nitrogens with two attached hydrogens (primary N) is 1. The number of hydrogen-bond acceptors (Lipinski definition) is 4. The first kappa shape index (κ1) is 22.6. The number of rotatable bonds is 7. The first-order valence-corrected chi connectivity index (χ1v) is 12.3. The number of halogens is 1. The molecule has 1 saturated heterocycles. The number of nitrogens with zero attached hydrogens (tertiary/aromatic N) is 2. The molecule has 1 fully saturated rings. The van der Waals surface area contributed by atoms with Gasteiger partial charge in [0.05, 0.1) is 11.0 Å². The zero-order valence-electron chi connectivity index (χ0n) is 18.0. The van der Waals surface area contributed by atoms with Crippen molar-refractivity contribution in [3.63, 3.8) is 0 Å². The van der Waals surface area contributed by atoms with Gasteiger partial charge in [0.1, 0.15) is 12.3 Å². The van der Waals surface area contributed by atoms with Crippen molar-refractivity contribution in [1.82, 2.24) is 8.87 Å². The number of amides is 1. The second kappa shape index (κ2) is 8.77. The van der Waals surface area contributed by atoms with Crippen LogP contribution >= 0.6 is 11.6 Å². The normalized spacial score (nSPS) is 17.3. The molecule has 1 unspecified atom stereocenters. The Labute approximate surface area is 192 Å². The van der Waals surface area contributed by atoms with E-state index in [0.29, 0.717) is 30.3 Å². The largest absolute Gasteiger partial charge is 0.491 e. The topological polar surface area (TPSA) is 94.6 Å². The quantitative estimate of drug-likeness (QED) is 0.563. The molecule has 1 aromatic heterocycles. The van der Waals surface area contributed by atoms with Crippen LogP contribution in [0, 0.1) is 0 Å². The summed E-state index contributed by atoms with van der Waals surface area (Å²) in [7, 11) is -3.63. The van der Waals surface area contributed by atoms with E-state index >= 15 is 0 Å². The molecule has 0 aliphatic carbocycles. The summed E-state index contributed by atoms with van der Waals surface area (Å²) >= 11 is 6.22. The van der Waals surface area contributed by atoms with Gasteiger partial charge in [0.25, 0.3) is 0 Å². The lowest BCUT2D eigenvalue weighted by atomic mass is 9.98. The lowest BCUT2D eigenvalue weighted by molar-refractivity contribution is -0.118. The molecule has 2 aromatic carbocycles. The van der Waals surface area contributed by atoms with E-state index in [1.54, 1.807) is 34.9 Å². The molecule has 1 aliphatic rings. The third-order valence-corrected chi connectivity index (χ3v) is 7.74. The van der Waals surface area contributed by atoms with E-state index in [9.17, 15) is 13.2 Å². The highest BCUT2D eigenvalue weighted by molar-refractivity contribution is 7.89. The molecule has 3 aromatic rings. The molecule has 1 aliphatic heterocycles. The number of sulfonamides is 1. The van der Waals surface area contributed by atoms with Crippen LogP contribution in [0.5, 0.6) is 5.75 Å². The Balaban J connectivity index is 1.60. The molecule has 0 spiro atoms. The molecule has 7 nitrogen and oxygen atoms in total. The van der Waals surface area contributed by atoms with Crippen LogP contribution in [-0.2, 0) is 21.4 Å². The zero-order chi connectivity index (χ0) is 23.0. The summed E-state index contributed by atoms with van der Waals surface area (Å²) in [5.74, 6) is 0.185. The average molecular weight is 476 g/mol. The number of carbonyl (C=O) groups excluding carboxylic acids is 1. The Hall–Kier alpha value is -2.55. The van der Waals surface area contributed by atoms with Gasteiger partial charge in [-0.3, -0.25) is 4.79 Å². The Morgan fingerprint density at radius 2 is 1.94 bits per heavy atom. The minimum absolute atomic E-state index is 0.0107. The molecule has 9 heteroatoms. The summed E-state index contributed by atoms with van der Waals surface area (Å²) in [6.07, 6.45) is 2.59. The van der Waals surface area contributed by atoms with Gasteiger partial charge in [-0.15, -0.1) is 0 Å². The van der Waals surface area contributed by atoms with E-state index in [4.69, 9.17) is 22.1 Å². The second-order valence-corrected chi connectivity index (χ2v) is 10.7. The number of primary amides is 1. The molecule has 2 heterocycles. The van der Waals surface area contributed by atoms with Gasteiger partial charge in [0.15, 0.2) is 0 Å². The minimum atomic E-state index is -3.63. The standard InChI is InChI=1S/C23H26ClN3O4S/c1-15(2)31-18-4-6-19(7-5-18)32(29,30)27-10-9-16(12-27)21-13-26(14-23(25)28)22-8-3-17(24)11-20(21)22/h3-8,11,13,15-16H,9-10,12,14H2,1-2H3,(H2,25,28). The van der Waals surface area contributed by atoms with Crippen LogP contribution < -0.4 is 10.5 Å². The molecular weight excluding hydrogens is 450 g/mol. The molecule has 1 atom stereocenters. The van der Waals surface area contributed by atoms with Crippen molar-refractivity contribution in [1.29, 1.82) is 0 Å². The average Bonchev–Trinajstić information content (AvgIpc) is 3.33. The lowest BCUT2D eigenvalue weighted by Crippen LogP contribution is -2.28. The third kappa shape index (κ3) is 4.48. The van der Waals surface area contributed by atoms with E-state index in [1.165, 1.54) is 4.31 Å². The highest BCUT2D eigenvalue weighted by Crippen LogP contribution is 2.37. The van der Waals surface area contributed by atoms with Crippen LogP contribution in [0.2, 0.25) is 5.02 Å². The van der Waals surface area contributed by atoms with Gasteiger partial charge in [0, 0.05) is 41.1 Å². The molecule has 2 N–H and O–H groups in total. The minimum Gasteiger partial charge on any atom is -0.491 e. The fourth-order valence-corrected chi connectivity index (χ4v) is 5.90. The summed E-state index contributed by atoms with van der Waals surface area (Å²) in [5, 5.41) is 1.50. The first-order valence-electron chi connectivity index (χ1n) is 10.5. The summed E-state index contributed by atoms with van der Waals surface area (Å²) in [5.41, 5.74) is 7.23. The Kier molecular flexibility index (Phi) is 6.20. The van der Waals surface area contributed by atoms with E-state index in [2.05, 4.69) is 0 Å². The van der Waals surface area contributed by atoms with Gasteiger partial charge in [-0.05, 0) is 68.3 Å². The first-order chi connectivity index (χ1) is 15.1. The maximum Gasteiger partial charge on any atom is 0.243 e. The van der Waals surface area contributed by atoms with Crippen LogP contribution in [0.4, 0.5) is 0 Å². The highest BCUT2D eigenvalue weighted by atomic mass is 35.5. The fourth-order valence-electron chi connectivity index (χ4n) is 4.23. The smallest absolute Gasteiger partial charge is 0.243 e. The van der Waals surface area contributed by atoms with Crippen molar-refractivity contribution >= 4 is 38.4 Å². The molecule has 0 radical (unpaired) electrons. The summed E-state index contributed by atoms with van der Waals surface area (Å²) in [4.78, 5) is 11.8. The van der Waals surface area contributed by atoms with E-state index < -0.39 is 15.9 Å². The summed E-state index contributed by atoms with van der Waals surface area (Å²) in [6.45, 7) is 4.66.